The molecule has 3 aliphatic rings. The third kappa shape index (κ3) is 3.36. The normalized spacial score (nSPS) is 27.1. The lowest BCUT2D eigenvalue weighted by molar-refractivity contribution is -0.145. The molecule has 0 radical (unpaired) electrons. The third-order valence-electron chi connectivity index (χ3n) is 6.83. The summed E-state index contributed by atoms with van der Waals surface area (Å²) in [5.74, 6) is -0.0772. The number of fused-ring (bicyclic) bond motifs is 1. The molecule has 1 saturated heterocycles. The van der Waals surface area contributed by atoms with Gasteiger partial charge >= 0.3 is 5.97 Å². The van der Waals surface area contributed by atoms with Crippen LogP contribution in [0, 0.1) is 23.7 Å². The van der Waals surface area contributed by atoms with Crippen molar-refractivity contribution < 1.29 is 28.6 Å². The number of amides is 2. The topological polar surface area (TPSA) is 103 Å². The molecule has 5 atom stereocenters. The zero-order chi connectivity index (χ0) is 22.4. The van der Waals surface area contributed by atoms with Crippen LogP contribution in [0.1, 0.15) is 23.2 Å². The minimum Gasteiger partial charge on any atom is -0.497 e. The molecule has 3 fully saturated rings. The first-order valence-corrected chi connectivity index (χ1v) is 10.6. The van der Waals surface area contributed by atoms with Gasteiger partial charge in [-0.1, -0.05) is 6.07 Å². The molecule has 166 valence electrons. The molecule has 32 heavy (non-hydrogen) atoms. The average molecular weight is 436 g/mol. The molecule has 2 saturated carbocycles. The first-order chi connectivity index (χ1) is 15.5. The van der Waals surface area contributed by atoms with Crippen LogP contribution in [0.3, 0.4) is 0 Å². The monoisotopic (exact) mass is 436 g/mol. The lowest BCUT2D eigenvalue weighted by atomic mass is 9.79. The Hall–Kier alpha value is -3.55. The van der Waals surface area contributed by atoms with E-state index in [2.05, 4.69) is 10.6 Å². The predicted octanol–water partition coefficient (Wildman–Crippen LogP) is 3.09. The first kappa shape index (κ1) is 20.4. The lowest BCUT2D eigenvalue weighted by Gasteiger charge is -2.23. The van der Waals surface area contributed by atoms with Crippen molar-refractivity contribution >= 4 is 29.2 Å². The Bertz CT molecular complexity index is 1100. The van der Waals surface area contributed by atoms with Crippen molar-refractivity contribution in [1.82, 2.24) is 0 Å². The maximum absolute atomic E-state index is 13.0. The molecule has 8 heteroatoms. The minimum atomic E-state index is -0.371. The van der Waals surface area contributed by atoms with Gasteiger partial charge in [-0.25, -0.2) is 0 Å². The highest BCUT2D eigenvalue weighted by Gasteiger charge is 2.63. The molecule has 2 aromatic rings. The molecule has 2 aliphatic carbocycles. The number of esters is 1. The molecule has 8 nitrogen and oxygen atoms in total. The van der Waals surface area contributed by atoms with Crippen molar-refractivity contribution in [3.8, 4) is 11.5 Å². The molecule has 2 amide bonds. The van der Waals surface area contributed by atoms with Crippen molar-refractivity contribution in [2.24, 2.45) is 23.7 Å². The second-order valence-corrected chi connectivity index (χ2v) is 8.51. The maximum atomic E-state index is 13.0. The van der Waals surface area contributed by atoms with E-state index in [0.717, 1.165) is 12.8 Å². The number of ether oxygens (including phenoxy) is 3. The van der Waals surface area contributed by atoms with Crippen LogP contribution in [0.15, 0.2) is 42.5 Å². The zero-order valence-electron chi connectivity index (χ0n) is 17.8. The van der Waals surface area contributed by atoms with Gasteiger partial charge in [-0.05, 0) is 49.1 Å². The maximum Gasteiger partial charge on any atom is 0.310 e. The fourth-order valence-electron chi connectivity index (χ4n) is 5.43. The standard InChI is InChI=1S/C24H24N2O6/c1-30-15-6-7-18(31-2)17(11-15)26-22(27)12-4-3-5-14(8-12)25-23(28)20-13-9-16-19(10-13)32-24(29)21(16)20/h3-8,11,13,16,19-21H,9-10H2,1-2H3,(H,25,28)(H,26,27). The van der Waals surface area contributed by atoms with E-state index in [1.54, 1.807) is 49.6 Å². The van der Waals surface area contributed by atoms with Crippen molar-refractivity contribution in [3.63, 3.8) is 0 Å². The number of rotatable bonds is 6. The zero-order valence-corrected chi connectivity index (χ0v) is 17.8. The summed E-state index contributed by atoms with van der Waals surface area (Å²) in [4.78, 5) is 38.1. The number of carbonyl (C=O) groups excluding carboxylic acids is 3. The quantitative estimate of drug-likeness (QED) is 0.675. The molecule has 2 bridgehead atoms. The van der Waals surface area contributed by atoms with Gasteiger partial charge in [0, 0.05) is 23.2 Å². The summed E-state index contributed by atoms with van der Waals surface area (Å²) in [6.45, 7) is 0. The Morgan fingerprint density at radius 2 is 1.88 bits per heavy atom. The number of benzene rings is 2. The summed E-state index contributed by atoms with van der Waals surface area (Å²) in [6.07, 6.45) is 1.61. The summed E-state index contributed by atoms with van der Waals surface area (Å²) in [5, 5.41) is 5.72. The van der Waals surface area contributed by atoms with E-state index in [9.17, 15) is 14.4 Å². The van der Waals surface area contributed by atoms with Crippen molar-refractivity contribution in [2.75, 3.05) is 24.9 Å². The fraction of sp³-hybridized carbons (Fsp3) is 0.375. The van der Waals surface area contributed by atoms with E-state index in [4.69, 9.17) is 14.2 Å². The van der Waals surface area contributed by atoms with E-state index in [1.807, 2.05) is 0 Å². The van der Waals surface area contributed by atoms with E-state index in [1.165, 1.54) is 7.11 Å². The average Bonchev–Trinajstić information content (AvgIpc) is 3.42. The van der Waals surface area contributed by atoms with Gasteiger partial charge in [0.05, 0.1) is 31.7 Å². The number of anilines is 2. The van der Waals surface area contributed by atoms with E-state index in [-0.39, 0.29) is 47.6 Å². The lowest BCUT2D eigenvalue weighted by Crippen LogP contribution is -2.35. The summed E-state index contributed by atoms with van der Waals surface area (Å²) in [6, 6.07) is 11.8. The molecule has 5 unspecified atom stereocenters. The second-order valence-electron chi connectivity index (χ2n) is 8.51. The van der Waals surface area contributed by atoms with Gasteiger partial charge in [0.15, 0.2) is 0 Å². The molecule has 5 rings (SSSR count). The first-order valence-electron chi connectivity index (χ1n) is 10.6. The van der Waals surface area contributed by atoms with Gasteiger partial charge in [-0.3, -0.25) is 14.4 Å². The summed E-state index contributed by atoms with van der Waals surface area (Å²) in [7, 11) is 3.06. The Labute approximate surface area is 185 Å². The Morgan fingerprint density at radius 3 is 2.66 bits per heavy atom. The van der Waals surface area contributed by atoms with E-state index < -0.39 is 0 Å². The number of hydrogen-bond acceptors (Lipinski definition) is 6. The molecular formula is C24H24N2O6. The minimum absolute atomic E-state index is 0.0119. The fourth-order valence-corrected chi connectivity index (χ4v) is 5.43. The van der Waals surface area contributed by atoms with Crippen LogP contribution >= 0.6 is 0 Å². The Morgan fingerprint density at radius 1 is 1.03 bits per heavy atom. The second kappa shape index (κ2) is 7.85. The smallest absolute Gasteiger partial charge is 0.310 e. The summed E-state index contributed by atoms with van der Waals surface area (Å²) in [5.41, 5.74) is 1.36. The van der Waals surface area contributed by atoms with Crippen LogP contribution in [-0.2, 0) is 14.3 Å². The van der Waals surface area contributed by atoms with Crippen molar-refractivity contribution in [2.45, 2.75) is 18.9 Å². The highest BCUT2D eigenvalue weighted by Crippen LogP contribution is 2.57. The molecule has 2 aromatic carbocycles. The van der Waals surface area contributed by atoms with Crippen LogP contribution in [0.25, 0.3) is 0 Å². The molecular weight excluding hydrogens is 412 g/mol. The highest BCUT2D eigenvalue weighted by atomic mass is 16.6. The van der Waals surface area contributed by atoms with Crippen molar-refractivity contribution in [3.05, 3.63) is 48.0 Å². The third-order valence-corrected chi connectivity index (χ3v) is 6.83. The van der Waals surface area contributed by atoms with E-state index >= 15 is 0 Å². The molecule has 2 N–H and O–H groups in total. The summed E-state index contributed by atoms with van der Waals surface area (Å²) >= 11 is 0. The Balaban J connectivity index is 1.30. The molecule has 1 aliphatic heterocycles. The van der Waals surface area contributed by atoms with Gasteiger partial charge in [-0.15, -0.1) is 0 Å². The summed E-state index contributed by atoms with van der Waals surface area (Å²) < 4.78 is 15.9. The van der Waals surface area contributed by atoms with Crippen LogP contribution in [0.2, 0.25) is 0 Å². The highest BCUT2D eigenvalue weighted by molar-refractivity contribution is 6.06. The van der Waals surface area contributed by atoms with Crippen molar-refractivity contribution in [1.29, 1.82) is 0 Å². The van der Waals surface area contributed by atoms with Gasteiger partial charge in [0.1, 0.15) is 17.6 Å². The molecule has 1 heterocycles. The molecule has 0 aromatic heterocycles. The molecule has 0 spiro atoms. The number of nitrogens with one attached hydrogen (secondary N) is 2. The van der Waals surface area contributed by atoms with Gasteiger partial charge < -0.3 is 24.8 Å². The largest absolute Gasteiger partial charge is 0.497 e. The van der Waals surface area contributed by atoms with E-state index in [0.29, 0.717) is 28.4 Å². The SMILES string of the molecule is COc1ccc(OC)c(NC(=O)c2cccc(NC(=O)C3C4CC5OC(=O)C3C5C4)c2)c1. The van der Waals surface area contributed by atoms with Gasteiger partial charge in [-0.2, -0.15) is 0 Å². The van der Waals surface area contributed by atoms with Gasteiger partial charge in [0.2, 0.25) is 5.91 Å². The number of carbonyl (C=O) groups is 3. The van der Waals surface area contributed by atoms with Gasteiger partial charge in [0.25, 0.3) is 5.91 Å². The number of hydrogen-bond donors (Lipinski definition) is 2. The van der Waals surface area contributed by atoms with Crippen LogP contribution < -0.4 is 20.1 Å². The Kier molecular flexibility index (Phi) is 5.00. The number of methoxy groups -OCH3 is 2. The van der Waals surface area contributed by atoms with Crippen LogP contribution in [-0.4, -0.2) is 38.1 Å². The van der Waals surface area contributed by atoms with Crippen LogP contribution in [0.5, 0.6) is 11.5 Å². The predicted molar refractivity (Wildman–Crippen MR) is 116 cm³/mol. The van der Waals surface area contributed by atoms with Crippen LogP contribution in [0.4, 0.5) is 11.4 Å².